The molecule has 1 aromatic carbocycles. The van der Waals surface area contributed by atoms with Crippen molar-refractivity contribution in [3.8, 4) is 5.69 Å². The molecule has 0 amide bonds. The molecule has 4 aromatic heterocycles. The minimum atomic E-state index is -4.51. The number of benzene rings is 1. The predicted molar refractivity (Wildman–Crippen MR) is 109 cm³/mol. The van der Waals surface area contributed by atoms with Gasteiger partial charge in [-0.3, -0.25) is 18.6 Å². The lowest BCUT2D eigenvalue weighted by Crippen LogP contribution is -2.23. The van der Waals surface area contributed by atoms with E-state index in [9.17, 15) is 22.8 Å². The lowest BCUT2D eigenvalue weighted by atomic mass is 10.2. The highest BCUT2D eigenvalue weighted by Gasteiger charge is 2.30. The zero-order valence-corrected chi connectivity index (χ0v) is 16.2. The van der Waals surface area contributed by atoms with Gasteiger partial charge >= 0.3 is 6.18 Å². The number of nitrogens with zero attached hydrogens (tertiary/aromatic N) is 6. The van der Waals surface area contributed by atoms with Gasteiger partial charge in [0.15, 0.2) is 5.65 Å². The van der Waals surface area contributed by atoms with Crippen molar-refractivity contribution in [2.24, 2.45) is 0 Å². The molecule has 5 aromatic rings. The zero-order valence-electron chi connectivity index (χ0n) is 16.2. The molecule has 0 fully saturated rings. The Morgan fingerprint density at radius 3 is 2.66 bits per heavy atom. The molecular formula is C21H13F3N6O2. The number of alkyl halides is 3. The van der Waals surface area contributed by atoms with Crippen molar-refractivity contribution in [1.29, 1.82) is 0 Å². The van der Waals surface area contributed by atoms with E-state index < -0.39 is 17.3 Å². The van der Waals surface area contributed by atoms with Crippen molar-refractivity contribution in [2.75, 3.05) is 0 Å². The van der Waals surface area contributed by atoms with Crippen LogP contribution in [0, 0.1) is 0 Å². The van der Waals surface area contributed by atoms with E-state index in [0.29, 0.717) is 11.3 Å². The monoisotopic (exact) mass is 438 g/mol. The van der Waals surface area contributed by atoms with E-state index in [2.05, 4.69) is 15.1 Å². The second-order valence-electron chi connectivity index (χ2n) is 7.03. The number of pyridine rings is 1. The molecule has 11 heteroatoms. The molecule has 0 aliphatic carbocycles. The van der Waals surface area contributed by atoms with E-state index in [1.54, 1.807) is 24.4 Å². The fraction of sp³-hybridized carbons (Fsp3) is 0.0952. The molecular weight excluding hydrogens is 425 g/mol. The quantitative estimate of drug-likeness (QED) is 0.432. The molecule has 4 heterocycles. The smallest absolute Gasteiger partial charge is 0.292 e. The Hall–Kier alpha value is -4.28. The Bertz CT molecular complexity index is 1600. The second-order valence-corrected chi connectivity index (χ2v) is 7.03. The van der Waals surface area contributed by atoms with Crippen LogP contribution in [0.15, 0.2) is 76.8 Å². The fourth-order valence-corrected chi connectivity index (χ4v) is 3.42. The fourth-order valence-electron chi connectivity index (χ4n) is 3.42. The number of halogens is 3. The number of fused-ring (bicyclic) bond motifs is 2. The third kappa shape index (κ3) is 3.33. The Labute approximate surface area is 176 Å². The van der Waals surface area contributed by atoms with Crippen molar-refractivity contribution in [3.63, 3.8) is 0 Å². The maximum atomic E-state index is 13.0. The molecule has 0 spiro atoms. The van der Waals surface area contributed by atoms with E-state index in [4.69, 9.17) is 0 Å². The van der Waals surface area contributed by atoms with Crippen molar-refractivity contribution in [3.05, 3.63) is 99.2 Å². The zero-order chi connectivity index (χ0) is 22.5. The van der Waals surface area contributed by atoms with Gasteiger partial charge in [-0.1, -0.05) is 12.1 Å². The first kappa shape index (κ1) is 19.7. The highest BCUT2D eigenvalue weighted by Crippen LogP contribution is 2.30. The van der Waals surface area contributed by atoms with Crippen LogP contribution in [0.5, 0.6) is 0 Å². The molecule has 32 heavy (non-hydrogen) atoms. The third-order valence-electron chi connectivity index (χ3n) is 4.93. The van der Waals surface area contributed by atoms with Gasteiger partial charge in [-0.05, 0) is 30.3 Å². The molecule has 0 aliphatic rings. The summed E-state index contributed by atoms with van der Waals surface area (Å²) in [7, 11) is 0. The number of aromatic nitrogens is 6. The summed E-state index contributed by atoms with van der Waals surface area (Å²) < 4.78 is 43.0. The topological polar surface area (TPSA) is 87.1 Å². The largest absolute Gasteiger partial charge is 0.416 e. The first-order chi connectivity index (χ1) is 15.3. The van der Waals surface area contributed by atoms with Crippen LogP contribution < -0.4 is 11.1 Å². The number of rotatable bonds is 3. The highest BCUT2D eigenvalue weighted by molar-refractivity contribution is 5.75. The third-order valence-corrected chi connectivity index (χ3v) is 4.93. The van der Waals surface area contributed by atoms with Gasteiger partial charge < -0.3 is 0 Å². The van der Waals surface area contributed by atoms with E-state index in [-0.39, 0.29) is 28.8 Å². The van der Waals surface area contributed by atoms with E-state index in [0.717, 1.165) is 12.1 Å². The van der Waals surface area contributed by atoms with Crippen molar-refractivity contribution >= 4 is 16.7 Å². The Kier molecular flexibility index (Phi) is 4.40. The molecule has 8 nitrogen and oxygen atoms in total. The van der Waals surface area contributed by atoms with Crippen LogP contribution in [0.2, 0.25) is 0 Å². The van der Waals surface area contributed by atoms with Gasteiger partial charge in [-0.15, -0.1) is 0 Å². The van der Waals surface area contributed by atoms with Crippen LogP contribution >= 0.6 is 0 Å². The Morgan fingerprint density at radius 1 is 1.00 bits per heavy atom. The minimum absolute atomic E-state index is 0.00283. The summed E-state index contributed by atoms with van der Waals surface area (Å²) in [5, 5.41) is 4.18. The molecule has 0 saturated heterocycles. The van der Waals surface area contributed by atoms with Crippen molar-refractivity contribution in [2.45, 2.75) is 12.7 Å². The van der Waals surface area contributed by atoms with Crippen LogP contribution in [0.1, 0.15) is 11.3 Å². The predicted octanol–water partition coefficient (Wildman–Crippen LogP) is 2.66. The van der Waals surface area contributed by atoms with Gasteiger partial charge in [0.05, 0.1) is 29.7 Å². The minimum Gasteiger partial charge on any atom is -0.292 e. The second kappa shape index (κ2) is 7.15. The van der Waals surface area contributed by atoms with Crippen LogP contribution in [0.4, 0.5) is 13.2 Å². The van der Waals surface area contributed by atoms with Crippen molar-refractivity contribution in [1.82, 2.24) is 28.7 Å². The SMILES string of the molecule is O=c1c2cnn(-c3cccc(C(F)(F)F)c3)c2ncn1Cc1cc(=O)n2ccccc2n1. The molecule has 0 radical (unpaired) electrons. The van der Waals surface area contributed by atoms with Gasteiger partial charge in [0.1, 0.15) is 17.4 Å². The molecule has 0 atom stereocenters. The summed E-state index contributed by atoms with van der Waals surface area (Å²) in [4.78, 5) is 33.8. The molecule has 0 bridgehead atoms. The van der Waals surface area contributed by atoms with Gasteiger partial charge in [-0.25, -0.2) is 14.6 Å². The summed E-state index contributed by atoms with van der Waals surface area (Å²) in [6.07, 6.45) is -0.407. The standard InChI is InChI=1S/C21H13F3N6O2/c22-21(23,24)13-4-3-5-15(8-13)30-19-16(10-26-30)20(32)28(12-25-19)11-14-9-18(31)29-7-2-1-6-17(29)27-14/h1-10,12H,11H2. The summed E-state index contributed by atoms with van der Waals surface area (Å²) in [5.74, 6) is 0. The van der Waals surface area contributed by atoms with Crippen LogP contribution in [-0.2, 0) is 12.7 Å². The molecule has 0 unspecified atom stereocenters. The Morgan fingerprint density at radius 2 is 1.84 bits per heavy atom. The summed E-state index contributed by atoms with van der Waals surface area (Å²) in [5.41, 5.74) is -0.515. The van der Waals surface area contributed by atoms with Gasteiger partial charge in [-0.2, -0.15) is 18.3 Å². The molecule has 0 saturated carbocycles. The number of hydrogen-bond donors (Lipinski definition) is 0. The molecule has 0 aliphatic heterocycles. The van der Waals surface area contributed by atoms with Crippen LogP contribution in [0.3, 0.4) is 0 Å². The van der Waals surface area contributed by atoms with Crippen LogP contribution in [0.25, 0.3) is 22.4 Å². The average molecular weight is 438 g/mol. The summed E-state index contributed by atoms with van der Waals surface area (Å²) >= 11 is 0. The lowest BCUT2D eigenvalue weighted by Gasteiger charge is -2.09. The van der Waals surface area contributed by atoms with E-state index in [1.165, 1.54) is 44.4 Å². The molecule has 160 valence electrons. The summed E-state index contributed by atoms with van der Waals surface area (Å²) in [6.45, 7) is -0.00283. The molecule has 5 rings (SSSR count). The Balaban J connectivity index is 1.55. The lowest BCUT2D eigenvalue weighted by molar-refractivity contribution is -0.137. The average Bonchev–Trinajstić information content (AvgIpc) is 3.20. The van der Waals surface area contributed by atoms with Gasteiger partial charge in [0, 0.05) is 12.3 Å². The summed E-state index contributed by atoms with van der Waals surface area (Å²) in [6, 6.07) is 11.1. The van der Waals surface area contributed by atoms with Gasteiger partial charge in [0.2, 0.25) is 0 Å². The first-order valence-corrected chi connectivity index (χ1v) is 9.39. The van der Waals surface area contributed by atoms with Gasteiger partial charge in [0.25, 0.3) is 11.1 Å². The van der Waals surface area contributed by atoms with Crippen molar-refractivity contribution < 1.29 is 13.2 Å². The van der Waals surface area contributed by atoms with E-state index >= 15 is 0 Å². The maximum absolute atomic E-state index is 13.0. The van der Waals surface area contributed by atoms with Crippen LogP contribution in [-0.4, -0.2) is 28.7 Å². The maximum Gasteiger partial charge on any atom is 0.416 e. The number of hydrogen-bond acceptors (Lipinski definition) is 5. The highest BCUT2D eigenvalue weighted by atomic mass is 19.4. The molecule has 0 N–H and O–H groups in total. The first-order valence-electron chi connectivity index (χ1n) is 9.39. The normalized spacial score (nSPS) is 12.0. The van der Waals surface area contributed by atoms with E-state index in [1.807, 2.05) is 0 Å².